The van der Waals surface area contributed by atoms with Crippen molar-refractivity contribution in [2.24, 2.45) is 5.92 Å². The maximum atomic E-state index is 12.4. The molecule has 2 unspecified atom stereocenters. The highest BCUT2D eigenvalue weighted by Gasteiger charge is 2.41. The Morgan fingerprint density at radius 3 is 2.64 bits per heavy atom. The molecule has 0 aromatic heterocycles. The Morgan fingerprint density at radius 1 is 1.14 bits per heavy atom. The van der Waals surface area contributed by atoms with Crippen LogP contribution in [0, 0.1) is 5.92 Å². The lowest BCUT2D eigenvalue weighted by Crippen LogP contribution is -2.50. The van der Waals surface area contributed by atoms with E-state index in [1.807, 2.05) is 24.3 Å². The number of rotatable bonds is 8. The molecule has 0 saturated carbocycles. The summed E-state index contributed by atoms with van der Waals surface area (Å²) in [5.41, 5.74) is 0.774. The average molecular weight is 387 g/mol. The first-order valence-corrected chi connectivity index (χ1v) is 11.1. The molecule has 0 aliphatic carbocycles. The fraction of sp³-hybridized carbons (Fsp3) is 0.696. The minimum Gasteiger partial charge on any atom is -0.482 e. The van der Waals surface area contributed by atoms with Gasteiger partial charge in [-0.3, -0.25) is 9.69 Å². The van der Waals surface area contributed by atoms with E-state index in [1.165, 1.54) is 51.4 Å². The number of anilines is 1. The van der Waals surface area contributed by atoms with E-state index in [9.17, 15) is 9.90 Å². The van der Waals surface area contributed by atoms with Gasteiger partial charge in [-0.2, -0.15) is 0 Å². The van der Waals surface area contributed by atoms with Gasteiger partial charge in [0.05, 0.1) is 18.3 Å². The van der Waals surface area contributed by atoms with Crippen LogP contribution < -0.4 is 9.64 Å². The summed E-state index contributed by atoms with van der Waals surface area (Å²) in [7, 11) is 0. The van der Waals surface area contributed by atoms with E-state index in [1.54, 1.807) is 4.90 Å². The van der Waals surface area contributed by atoms with Crippen LogP contribution in [0.2, 0.25) is 0 Å². The molecule has 2 fully saturated rings. The number of β-amino-alcohol motifs (C(OH)–C–C–N with tert-alkyl or cyclic N) is 1. The number of benzene rings is 1. The summed E-state index contributed by atoms with van der Waals surface area (Å²) < 4.78 is 5.51. The number of ether oxygens (including phenoxy) is 1. The van der Waals surface area contributed by atoms with Crippen LogP contribution in [0.5, 0.6) is 5.75 Å². The number of piperidine rings is 1. The molecule has 4 atom stereocenters. The molecule has 2 saturated heterocycles. The molecular formula is C23H34N2O3. The number of carbonyl (C=O) groups is 1. The van der Waals surface area contributed by atoms with Crippen molar-refractivity contribution in [3.05, 3.63) is 24.3 Å². The van der Waals surface area contributed by atoms with Crippen LogP contribution in [0.1, 0.15) is 58.3 Å². The number of amides is 1. The second-order valence-corrected chi connectivity index (χ2v) is 8.83. The lowest BCUT2D eigenvalue weighted by Gasteiger charge is -2.41. The predicted molar refractivity (Wildman–Crippen MR) is 111 cm³/mol. The number of hydrogen-bond donors (Lipinski definition) is 1. The summed E-state index contributed by atoms with van der Waals surface area (Å²) in [4.78, 5) is 16.6. The van der Waals surface area contributed by atoms with Crippen molar-refractivity contribution in [1.29, 1.82) is 0 Å². The third kappa shape index (κ3) is 4.20. The topological polar surface area (TPSA) is 53.0 Å². The molecule has 2 bridgehead atoms. The third-order valence-corrected chi connectivity index (χ3v) is 6.82. The van der Waals surface area contributed by atoms with Gasteiger partial charge in [0.2, 0.25) is 0 Å². The van der Waals surface area contributed by atoms with Crippen molar-refractivity contribution in [3.8, 4) is 5.75 Å². The monoisotopic (exact) mass is 386 g/mol. The number of para-hydroxylation sites is 2. The van der Waals surface area contributed by atoms with Gasteiger partial charge in [0.25, 0.3) is 5.91 Å². The van der Waals surface area contributed by atoms with E-state index in [4.69, 9.17) is 4.74 Å². The third-order valence-electron chi connectivity index (χ3n) is 6.82. The van der Waals surface area contributed by atoms with E-state index < -0.39 is 6.10 Å². The molecule has 28 heavy (non-hydrogen) atoms. The Bertz CT molecular complexity index is 666. The second-order valence-electron chi connectivity index (χ2n) is 8.83. The standard InChI is InChI=1S/C23H34N2O3/c1-2-3-4-7-17-12-18-10-11-19(13-17)24(18)14-20(26)15-25-21-8-5-6-9-22(21)28-16-23(25)27/h5-6,8-9,17-20,26H,2-4,7,10-16H2,1H3/t17?,18-,19?,20+/m0/s1. The van der Waals surface area contributed by atoms with Gasteiger partial charge in [0.15, 0.2) is 6.61 Å². The molecule has 0 radical (unpaired) electrons. The Kier molecular flexibility index (Phi) is 6.22. The van der Waals surface area contributed by atoms with Crippen molar-refractivity contribution in [3.63, 3.8) is 0 Å². The smallest absolute Gasteiger partial charge is 0.265 e. The normalized spacial score (nSPS) is 28.1. The zero-order valence-electron chi connectivity index (χ0n) is 17.1. The molecule has 3 aliphatic rings. The van der Waals surface area contributed by atoms with Gasteiger partial charge in [-0.25, -0.2) is 0 Å². The van der Waals surface area contributed by atoms with Gasteiger partial charge in [0, 0.05) is 18.6 Å². The van der Waals surface area contributed by atoms with E-state index in [0.717, 1.165) is 17.4 Å². The average Bonchev–Trinajstić information content (AvgIpc) is 2.92. The highest BCUT2D eigenvalue weighted by Crippen LogP contribution is 2.40. The van der Waals surface area contributed by atoms with Crippen LogP contribution >= 0.6 is 0 Å². The van der Waals surface area contributed by atoms with Gasteiger partial charge < -0.3 is 14.7 Å². The molecule has 0 spiro atoms. The lowest BCUT2D eigenvalue weighted by molar-refractivity contribution is -0.121. The van der Waals surface area contributed by atoms with Crippen molar-refractivity contribution in [1.82, 2.24) is 4.90 Å². The van der Waals surface area contributed by atoms with Crippen LogP contribution in [-0.4, -0.2) is 53.8 Å². The van der Waals surface area contributed by atoms with Crippen LogP contribution in [0.25, 0.3) is 0 Å². The van der Waals surface area contributed by atoms with Crippen LogP contribution in [0.15, 0.2) is 24.3 Å². The summed E-state index contributed by atoms with van der Waals surface area (Å²) in [6.45, 7) is 3.34. The van der Waals surface area contributed by atoms with Crippen LogP contribution in [0.3, 0.4) is 0 Å². The van der Waals surface area contributed by atoms with Crippen molar-refractivity contribution in [2.75, 3.05) is 24.6 Å². The summed E-state index contributed by atoms with van der Waals surface area (Å²) in [5.74, 6) is 1.52. The summed E-state index contributed by atoms with van der Waals surface area (Å²) >= 11 is 0. The highest BCUT2D eigenvalue weighted by atomic mass is 16.5. The molecule has 5 nitrogen and oxygen atoms in total. The maximum absolute atomic E-state index is 12.4. The van der Waals surface area contributed by atoms with Gasteiger partial charge in [-0.15, -0.1) is 0 Å². The Labute approximate surface area is 168 Å². The number of aliphatic hydroxyl groups excluding tert-OH is 1. The molecule has 154 valence electrons. The van der Waals surface area contributed by atoms with Crippen LogP contribution in [0.4, 0.5) is 5.69 Å². The first-order valence-electron chi connectivity index (χ1n) is 11.1. The fourth-order valence-electron chi connectivity index (χ4n) is 5.47. The van der Waals surface area contributed by atoms with Gasteiger partial charge >= 0.3 is 0 Å². The fourth-order valence-corrected chi connectivity index (χ4v) is 5.47. The SMILES string of the molecule is CCCCCC1CC2CC[C@@H](C1)N2C[C@@H](O)CN1C(=O)COc2ccccc21. The van der Waals surface area contributed by atoms with Gasteiger partial charge in [-0.05, 0) is 43.7 Å². The maximum Gasteiger partial charge on any atom is 0.265 e. The van der Waals surface area contributed by atoms with E-state index in [-0.39, 0.29) is 12.5 Å². The Hall–Kier alpha value is -1.59. The molecule has 1 aromatic rings. The first-order chi connectivity index (χ1) is 13.7. The number of unbranched alkanes of at least 4 members (excludes halogenated alkanes) is 2. The van der Waals surface area contributed by atoms with E-state index >= 15 is 0 Å². The molecular weight excluding hydrogens is 352 g/mol. The second kappa shape index (κ2) is 8.83. The summed E-state index contributed by atoms with van der Waals surface area (Å²) in [6.07, 6.45) is 9.94. The minimum absolute atomic E-state index is 0.0537. The minimum atomic E-state index is -0.533. The number of carbonyl (C=O) groups excluding carboxylic acids is 1. The number of aliphatic hydroxyl groups is 1. The molecule has 1 N–H and O–H groups in total. The van der Waals surface area contributed by atoms with E-state index in [2.05, 4.69) is 11.8 Å². The quantitative estimate of drug-likeness (QED) is 0.694. The molecule has 5 heteroatoms. The summed E-state index contributed by atoms with van der Waals surface area (Å²) in [5, 5.41) is 10.8. The Morgan fingerprint density at radius 2 is 1.89 bits per heavy atom. The number of nitrogens with zero attached hydrogens (tertiary/aromatic N) is 2. The molecule has 1 aromatic carbocycles. The number of fused-ring (bicyclic) bond motifs is 3. The van der Waals surface area contributed by atoms with E-state index in [0.29, 0.717) is 25.2 Å². The first kappa shape index (κ1) is 19.7. The Balaban J connectivity index is 1.34. The zero-order valence-corrected chi connectivity index (χ0v) is 17.1. The van der Waals surface area contributed by atoms with Crippen molar-refractivity contribution in [2.45, 2.75) is 76.5 Å². The molecule has 3 aliphatic heterocycles. The molecule has 3 heterocycles. The molecule has 4 rings (SSSR count). The van der Waals surface area contributed by atoms with Crippen molar-refractivity contribution >= 4 is 11.6 Å². The number of hydrogen-bond acceptors (Lipinski definition) is 4. The predicted octanol–water partition coefficient (Wildman–Crippen LogP) is 3.60. The lowest BCUT2D eigenvalue weighted by atomic mass is 9.86. The summed E-state index contributed by atoms with van der Waals surface area (Å²) in [6, 6.07) is 8.82. The largest absolute Gasteiger partial charge is 0.482 e. The van der Waals surface area contributed by atoms with Crippen LogP contribution in [-0.2, 0) is 4.79 Å². The molecule has 1 amide bonds. The highest BCUT2D eigenvalue weighted by molar-refractivity contribution is 5.97. The van der Waals surface area contributed by atoms with Gasteiger partial charge in [-0.1, -0.05) is 44.7 Å². The van der Waals surface area contributed by atoms with Crippen molar-refractivity contribution < 1.29 is 14.6 Å². The van der Waals surface area contributed by atoms with Gasteiger partial charge in [0.1, 0.15) is 5.75 Å². The zero-order chi connectivity index (χ0) is 19.5.